The van der Waals surface area contributed by atoms with Crippen LogP contribution in [0.1, 0.15) is 11.1 Å². The summed E-state index contributed by atoms with van der Waals surface area (Å²) in [4.78, 5) is 34.5. The summed E-state index contributed by atoms with van der Waals surface area (Å²) in [6, 6.07) is 10.7. The minimum Gasteiger partial charge on any atom is -0.463 e. The van der Waals surface area contributed by atoms with Crippen LogP contribution >= 0.6 is 0 Å². The van der Waals surface area contributed by atoms with Gasteiger partial charge < -0.3 is 9.73 Å². The average Bonchev–Trinajstić information content (AvgIpc) is 2.62. The first kappa shape index (κ1) is 17.1. The highest BCUT2D eigenvalue weighted by atomic mass is 16.6. The Morgan fingerprint density at radius 3 is 2.62 bits per heavy atom. The molecule has 3 aromatic rings. The number of benzene rings is 2. The summed E-state index contributed by atoms with van der Waals surface area (Å²) in [5.41, 5.74) is 1.78. The van der Waals surface area contributed by atoms with Gasteiger partial charge in [0.1, 0.15) is 11.8 Å². The third-order valence-electron chi connectivity index (χ3n) is 3.71. The van der Waals surface area contributed by atoms with Crippen molar-refractivity contribution in [2.45, 2.75) is 6.92 Å². The highest BCUT2D eigenvalue weighted by Crippen LogP contribution is 2.16. The third kappa shape index (κ3) is 3.67. The predicted octanol–water partition coefficient (Wildman–Crippen LogP) is 3.66. The number of hydrogen-bond donors (Lipinski definition) is 1. The number of nitrogens with zero attached hydrogens (tertiary/aromatic N) is 1. The fourth-order valence-electron chi connectivity index (χ4n) is 2.39. The van der Waals surface area contributed by atoms with Crippen LogP contribution < -0.4 is 10.7 Å². The monoisotopic (exact) mass is 350 g/mol. The number of fused-ring (bicyclic) bond motifs is 1. The van der Waals surface area contributed by atoms with Crippen molar-refractivity contribution in [3.63, 3.8) is 0 Å². The first-order valence-corrected chi connectivity index (χ1v) is 7.70. The van der Waals surface area contributed by atoms with Crippen LogP contribution in [-0.2, 0) is 4.79 Å². The molecule has 0 spiro atoms. The first-order valence-electron chi connectivity index (χ1n) is 7.70. The van der Waals surface area contributed by atoms with Gasteiger partial charge in [0.15, 0.2) is 5.43 Å². The lowest BCUT2D eigenvalue weighted by Crippen LogP contribution is -2.09. The predicted molar refractivity (Wildman–Crippen MR) is 98.0 cm³/mol. The second-order valence-corrected chi connectivity index (χ2v) is 5.65. The topological polar surface area (TPSA) is 102 Å². The Bertz CT molecular complexity index is 1080. The largest absolute Gasteiger partial charge is 0.463 e. The van der Waals surface area contributed by atoms with E-state index in [2.05, 4.69) is 5.32 Å². The van der Waals surface area contributed by atoms with Gasteiger partial charge in [0.2, 0.25) is 5.91 Å². The Hall–Kier alpha value is -3.74. The number of amides is 1. The number of carbonyl (C=O) groups is 1. The smallest absolute Gasteiger partial charge is 0.269 e. The van der Waals surface area contributed by atoms with E-state index in [1.807, 2.05) is 13.0 Å². The second-order valence-electron chi connectivity index (χ2n) is 5.65. The second kappa shape index (κ2) is 7.02. The highest BCUT2D eigenvalue weighted by Gasteiger charge is 2.07. The van der Waals surface area contributed by atoms with E-state index in [1.165, 1.54) is 42.7 Å². The molecule has 0 aliphatic carbocycles. The highest BCUT2D eigenvalue weighted by molar-refractivity contribution is 6.02. The number of nitro groups is 1. The van der Waals surface area contributed by atoms with Gasteiger partial charge in [-0.3, -0.25) is 19.7 Å². The van der Waals surface area contributed by atoms with E-state index in [0.29, 0.717) is 16.7 Å². The van der Waals surface area contributed by atoms with E-state index >= 15 is 0 Å². The molecule has 1 amide bonds. The normalized spacial score (nSPS) is 11.0. The van der Waals surface area contributed by atoms with Gasteiger partial charge in [-0.15, -0.1) is 0 Å². The van der Waals surface area contributed by atoms with Crippen molar-refractivity contribution in [2.24, 2.45) is 0 Å². The molecular formula is C19H14N2O5. The summed E-state index contributed by atoms with van der Waals surface area (Å²) in [5, 5.41) is 13.6. The lowest BCUT2D eigenvalue weighted by molar-refractivity contribution is -0.384. The summed E-state index contributed by atoms with van der Waals surface area (Å²) in [5.74, 6) is -0.470. The number of nitro benzene ring substituents is 1. The Kier molecular flexibility index (Phi) is 4.62. The number of non-ortho nitro benzene ring substituents is 1. The molecule has 0 fully saturated rings. The maximum atomic E-state index is 12.4. The summed E-state index contributed by atoms with van der Waals surface area (Å²) < 4.78 is 5.42. The SMILES string of the molecule is Cc1ccc2occ(/C=C/C(=O)Nc3ccc([N+](=O)[O-])cc3)c(=O)c2c1. The van der Waals surface area contributed by atoms with Crippen LogP contribution in [0.2, 0.25) is 0 Å². The molecule has 1 aromatic heterocycles. The van der Waals surface area contributed by atoms with Crippen molar-refractivity contribution >= 4 is 34.3 Å². The molecular weight excluding hydrogens is 336 g/mol. The van der Waals surface area contributed by atoms with Crippen LogP contribution in [0, 0.1) is 17.0 Å². The van der Waals surface area contributed by atoms with E-state index in [9.17, 15) is 19.7 Å². The standard InChI is InChI=1S/C19H14N2O5/c1-12-2-8-17-16(10-12)19(23)13(11-26-17)3-9-18(22)20-14-4-6-15(7-5-14)21(24)25/h2-11H,1H3,(H,20,22)/b9-3+. The van der Waals surface area contributed by atoms with Crippen molar-refractivity contribution in [1.82, 2.24) is 0 Å². The maximum absolute atomic E-state index is 12.4. The van der Waals surface area contributed by atoms with Crippen LogP contribution in [0.15, 0.2) is 64.0 Å². The van der Waals surface area contributed by atoms with Gasteiger partial charge in [-0.05, 0) is 37.3 Å². The average molecular weight is 350 g/mol. The fraction of sp³-hybridized carbons (Fsp3) is 0.0526. The maximum Gasteiger partial charge on any atom is 0.269 e. The minimum absolute atomic E-state index is 0.0670. The van der Waals surface area contributed by atoms with Crippen molar-refractivity contribution < 1.29 is 14.1 Å². The molecule has 3 rings (SSSR count). The number of aryl methyl sites for hydroxylation is 1. The van der Waals surface area contributed by atoms with Gasteiger partial charge in [-0.1, -0.05) is 11.6 Å². The molecule has 7 nitrogen and oxygen atoms in total. The molecule has 0 saturated heterocycles. The van der Waals surface area contributed by atoms with Crippen LogP contribution in [0.3, 0.4) is 0 Å². The third-order valence-corrected chi connectivity index (χ3v) is 3.71. The van der Waals surface area contributed by atoms with Crippen LogP contribution in [-0.4, -0.2) is 10.8 Å². The van der Waals surface area contributed by atoms with E-state index < -0.39 is 10.8 Å². The zero-order chi connectivity index (χ0) is 18.7. The van der Waals surface area contributed by atoms with Crippen LogP contribution in [0.5, 0.6) is 0 Å². The van der Waals surface area contributed by atoms with E-state index in [-0.39, 0.29) is 16.7 Å². The summed E-state index contributed by atoms with van der Waals surface area (Å²) in [6.45, 7) is 1.87. The van der Waals surface area contributed by atoms with Crippen molar-refractivity contribution in [1.29, 1.82) is 0 Å². The number of rotatable bonds is 4. The van der Waals surface area contributed by atoms with Gasteiger partial charge in [-0.25, -0.2) is 0 Å². The van der Waals surface area contributed by atoms with E-state index in [4.69, 9.17) is 4.42 Å². The molecule has 130 valence electrons. The zero-order valence-corrected chi connectivity index (χ0v) is 13.8. The van der Waals surface area contributed by atoms with E-state index in [1.54, 1.807) is 12.1 Å². The first-order chi connectivity index (χ1) is 12.4. The summed E-state index contributed by atoms with van der Waals surface area (Å²) in [7, 11) is 0. The quantitative estimate of drug-likeness (QED) is 0.439. The molecule has 0 radical (unpaired) electrons. The Morgan fingerprint density at radius 1 is 1.19 bits per heavy atom. The van der Waals surface area contributed by atoms with Gasteiger partial charge >= 0.3 is 0 Å². The van der Waals surface area contributed by atoms with Gasteiger partial charge in [0.25, 0.3) is 5.69 Å². The molecule has 1 heterocycles. The number of nitrogens with one attached hydrogen (secondary N) is 1. The number of anilines is 1. The molecule has 0 atom stereocenters. The van der Waals surface area contributed by atoms with Crippen molar-refractivity contribution in [2.75, 3.05) is 5.32 Å². The molecule has 0 saturated carbocycles. The molecule has 0 aliphatic rings. The lowest BCUT2D eigenvalue weighted by Gasteiger charge is -2.02. The fourth-order valence-corrected chi connectivity index (χ4v) is 2.39. The Morgan fingerprint density at radius 2 is 1.92 bits per heavy atom. The molecule has 0 unspecified atom stereocenters. The Balaban J connectivity index is 1.78. The molecule has 2 aromatic carbocycles. The minimum atomic E-state index is -0.522. The molecule has 26 heavy (non-hydrogen) atoms. The van der Waals surface area contributed by atoms with Crippen molar-refractivity contribution in [3.05, 3.63) is 86.3 Å². The van der Waals surface area contributed by atoms with Crippen LogP contribution in [0.4, 0.5) is 11.4 Å². The lowest BCUT2D eigenvalue weighted by atomic mass is 10.1. The van der Waals surface area contributed by atoms with Crippen molar-refractivity contribution in [3.8, 4) is 0 Å². The molecule has 0 bridgehead atoms. The molecule has 1 N–H and O–H groups in total. The molecule has 0 aliphatic heterocycles. The number of hydrogen-bond acceptors (Lipinski definition) is 5. The zero-order valence-electron chi connectivity index (χ0n) is 13.8. The van der Waals surface area contributed by atoms with Gasteiger partial charge in [0, 0.05) is 23.9 Å². The Labute approximate surface area is 147 Å². The van der Waals surface area contributed by atoms with Crippen LogP contribution in [0.25, 0.3) is 17.0 Å². The summed E-state index contributed by atoms with van der Waals surface area (Å²) >= 11 is 0. The van der Waals surface area contributed by atoms with E-state index in [0.717, 1.165) is 5.56 Å². The number of carbonyl (C=O) groups excluding carboxylic acids is 1. The van der Waals surface area contributed by atoms with Gasteiger partial charge in [0.05, 0.1) is 15.9 Å². The molecule has 7 heteroatoms. The summed E-state index contributed by atoms with van der Waals surface area (Å²) in [6.07, 6.45) is 3.87. The van der Waals surface area contributed by atoms with Gasteiger partial charge in [-0.2, -0.15) is 0 Å².